The maximum atomic E-state index is 12.7. The first-order valence-electron chi connectivity index (χ1n) is 9.17. The van der Waals surface area contributed by atoms with Crippen molar-refractivity contribution in [3.05, 3.63) is 47.8 Å². The van der Waals surface area contributed by atoms with Crippen molar-refractivity contribution in [3.63, 3.8) is 0 Å². The van der Waals surface area contributed by atoms with Crippen molar-refractivity contribution in [2.75, 3.05) is 39.3 Å². The summed E-state index contributed by atoms with van der Waals surface area (Å²) in [4.78, 5) is 15.1. The molecule has 6 nitrogen and oxygen atoms in total. The first kappa shape index (κ1) is 16.3. The zero-order valence-corrected chi connectivity index (χ0v) is 14.4. The molecule has 6 heteroatoms. The number of nitrogens with one attached hydrogen (secondary N) is 2. The van der Waals surface area contributed by atoms with Gasteiger partial charge in [-0.3, -0.25) is 9.69 Å². The van der Waals surface area contributed by atoms with Crippen molar-refractivity contribution in [2.45, 2.75) is 18.8 Å². The average molecular weight is 339 g/mol. The Hall–Kier alpha value is -2.18. The van der Waals surface area contributed by atoms with E-state index in [1.807, 2.05) is 35.0 Å². The summed E-state index contributed by atoms with van der Waals surface area (Å²) in [5, 5.41) is 10.9. The van der Waals surface area contributed by atoms with Gasteiger partial charge in [0.1, 0.15) is 0 Å². The third-order valence-corrected chi connectivity index (χ3v) is 4.94. The molecule has 1 saturated carbocycles. The van der Waals surface area contributed by atoms with Crippen LogP contribution in [0.15, 0.2) is 36.5 Å². The van der Waals surface area contributed by atoms with Gasteiger partial charge in [0.15, 0.2) is 0 Å². The third kappa shape index (κ3) is 3.75. The highest BCUT2D eigenvalue weighted by Gasteiger charge is 2.32. The molecule has 0 unspecified atom stereocenters. The minimum absolute atomic E-state index is 0.000726. The topological polar surface area (TPSA) is 62.2 Å². The molecule has 1 saturated heterocycles. The molecule has 0 bridgehead atoms. The Morgan fingerprint density at radius 1 is 1.20 bits per heavy atom. The van der Waals surface area contributed by atoms with Crippen LogP contribution in [0.1, 0.15) is 34.8 Å². The normalized spacial score (nSPS) is 18.2. The van der Waals surface area contributed by atoms with Crippen LogP contribution in [-0.4, -0.2) is 59.9 Å². The summed E-state index contributed by atoms with van der Waals surface area (Å²) in [6.45, 7) is 5.75. The van der Waals surface area contributed by atoms with E-state index < -0.39 is 0 Å². The molecule has 1 aliphatic carbocycles. The molecule has 1 amide bonds. The molecule has 1 aromatic heterocycles. The maximum absolute atomic E-state index is 12.7. The Labute approximate surface area is 148 Å². The lowest BCUT2D eigenvalue weighted by Gasteiger charge is -2.27. The van der Waals surface area contributed by atoms with E-state index in [0.717, 1.165) is 62.5 Å². The Morgan fingerprint density at radius 2 is 1.96 bits per heavy atom. The molecule has 0 radical (unpaired) electrons. The van der Waals surface area contributed by atoms with E-state index in [2.05, 4.69) is 20.6 Å². The van der Waals surface area contributed by atoms with Crippen molar-refractivity contribution in [1.82, 2.24) is 25.3 Å². The second-order valence-corrected chi connectivity index (χ2v) is 6.81. The van der Waals surface area contributed by atoms with Crippen molar-refractivity contribution >= 4 is 5.91 Å². The number of para-hydroxylation sites is 1. The fourth-order valence-corrected chi connectivity index (χ4v) is 3.41. The SMILES string of the molecule is O=C(NCCN1CCNCC1)c1cnn(-c2ccccc2)c1C1CC1. The van der Waals surface area contributed by atoms with E-state index >= 15 is 0 Å². The second-order valence-electron chi connectivity index (χ2n) is 6.81. The molecule has 4 rings (SSSR count). The molecule has 2 aromatic rings. The zero-order valence-electron chi connectivity index (χ0n) is 14.4. The van der Waals surface area contributed by atoms with Crippen LogP contribution in [0.4, 0.5) is 0 Å². The van der Waals surface area contributed by atoms with Crippen molar-refractivity contribution in [3.8, 4) is 5.69 Å². The number of rotatable bonds is 6. The van der Waals surface area contributed by atoms with E-state index in [1.165, 1.54) is 0 Å². The minimum Gasteiger partial charge on any atom is -0.351 e. The van der Waals surface area contributed by atoms with Gasteiger partial charge in [-0.25, -0.2) is 4.68 Å². The van der Waals surface area contributed by atoms with E-state index in [-0.39, 0.29) is 5.91 Å². The van der Waals surface area contributed by atoms with Gasteiger partial charge in [-0.05, 0) is 25.0 Å². The number of piperazine rings is 1. The molecule has 132 valence electrons. The quantitative estimate of drug-likeness (QED) is 0.835. The molecule has 2 heterocycles. The molecular formula is C19H25N5O. The molecule has 1 aliphatic heterocycles. The van der Waals surface area contributed by atoms with Crippen LogP contribution in [0, 0.1) is 0 Å². The van der Waals surface area contributed by atoms with Crippen LogP contribution < -0.4 is 10.6 Å². The van der Waals surface area contributed by atoms with Gasteiger partial charge in [-0.1, -0.05) is 18.2 Å². The second kappa shape index (κ2) is 7.37. The lowest BCUT2D eigenvalue weighted by atomic mass is 10.1. The Morgan fingerprint density at radius 3 is 2.68 bits per heavy atom. The van der Waals surface area contributed by atoms with Gasteiger partial charge in [0.05, 0.1) is 23.1 Å². The average Bonchev–Trinajstić information content (AvgIpc) is 3.41. The number of aromatic nitrogens is 2. The highest BCUT2D eigenvalue weighted by Crippen LogP contribution is 2.42. The van der Waals surface area contributed by atoms with Crippen LogP contribution in [-0.2, 0) is 0 Å². The Kier molecular flexibility index (Phi) is 4.81. The van der Waals surface area contributed by atoms with Crippen LogP contribution in [0.5, 0.6) is 0 Å². The predicted octanol–water partition coefficient (Wildman–Crippen LogP) is 1.38. The van der Waals surface area contributed by atoms with Gasteiger partial charge < -0.3 is 10.6 Å². The first-order chi connectivity index (χ1) is 12.3. The number of hydrogen-bond donors (Lipinski definition) is 2. The fourth-order valence-electron chi connectivity index (χ4n) is 3.41. The number of amides is 1. The third-order valence-electron chi connectivity index (χ3n) is 4.94. The monoisotopic (exact) mass is 339 g/mol. The number of carbonyl (C=O) groups excluding carboxylic acids is 1. The molecule has 2 N–H and O–H groups in total. The summed E-state index contributed by atoms with van der Waals surface area (Å²) in [6, 6.07) is 10.1. The summed E-state index contributed by atoms with van der Waals surface area (Å²) in [5.74, 6) is 0.454. The fraction of sp³-hybridized carbons (Fsp3) is 0.474. The van der Waals surface area contributed by atoms with Crippen molar-refractivity contribution < 1.29 is 4.79 Å². The lowest BCUT2D eigenvalue weighted by molar-refractivity contribution is 0.0946. The highest BCUT2D eigenvalue weighted by molar-refractivity contribution is 5.95. The smallest absolute Gasteiger partial charge is 0.254 e. The van der Waals surface area contributed by atoms with E-state index in [9.17, 15) is 4.79 Å². The highest BCUT2D eigenvalue weighted by atomic mass is 16.1. The summed E-state index contributed by atoms with van der Waals surface area (Å²) in [7, 11) is 0. The molecular weight excluding hydrogens is 314 g/mol. The number of carbonyl (C=O) groups is 1. The molecule has 1 aromatic carbocycles. The van der Waals surface area contributed by atoms with Crippen molar-refractivity contribution in [1.29, 1.82) is 0 Å². The number of nitrogens with zero attached hydrogens (tertiary/aromatic N) is 3. The van der Waals surface area contributed by atoms with Gasteiger partial charge in [-0.2, -0.15) is 5.10 Å². The maximum Gasteiger partial charge on any atom is 0.254 e. The van der Waals surface area contributed by atoms with Crippen LogP contribution in [0.25, 0.3) is 5.69 Å². The summed E-state index contributed by atoms with van der Waals surface area (Å²) < 4.78 is 1.93. The Balaban J connectivity index is 1.44. The lowest BCUT2D eigenvalue weighted by Crippen LogP contribution is -2.46. The first-order valence-corrected chi connectivity index (χ1v) is 9.17. The van der Waals surface area contributed by atoms with Gasteiger partial charge in [0, 0.05) is 45.2 Å². The van der Waals surface area contributed by atoms with Gasteiger partial charge >= 0.3 is 0 Å². The zero-order chi connectivity index (χ0) is 17.1. The van der Waals surface area contributed by atoms with Crippen LogP contribution in [0.2, 0.25) is 0 Å². The minimum atomic E-state index is -0.000726. The largest absolute Gasteiger partial charge is 0.351 e. The molecule has 25 heavy (non-hydrogen) atoms. The van der Waals surface area contributed by atoms with Crippen molar-refractivity contribution in [2.24, 2.45) is 0 Å². The summed E-state index contributed by atoms with van der Waals surface area (Å²) in [5.41, 5.74) is 2.81. The number of hydrogen-bond acceptors (Lipinski definition) is 4. The van der Waals surface area contributed by atoms with E-state index in [1.54, 1.807) is 6.20 Å². The molecule has 2 fully saturated rings. The van der Waals surface area contributed by atoms with E-state index in [0.29, 0.717) is 12.5 Å². The van der Waals surface area contributed by atoms with Crippen LogP contribution >= 0.6 is 0 Å². The Bertz CT molecular complexity index is 717. The van der Waals surface area contributed by atoms with Crippen LogP contribution in [0.3, 0.4) is 0 Å². The molecule has 0 atom stereocenters. The van der Waals surface area contributed by atoms with E-state index in [4.69, 9.17) is 0 Å². The standard InChI is InChI=1S/C19H25N5O/c25-19(21-10-13-23-11-8-20-9-12-23)17-14-22-24(18(17)15-6-7-15)16-4-2-1-3-5-16/h1-5,14-15,20H,6-13H2,(H,21,25). The molecule has 0 spiro atoms. The summed E-state index contributed by atoms with van der Waals surface area (Å²) >= 11 is 0. The number of benzene rings is 1. The van der Waals surface area contributed by atoms with Gasteiger partial charge in [0.25, 0.3) is 5.91 Å². The van der Waals surface area contributed by atoms with Gasteiger partial charge in [0.2, 0.25) is 0 Å². The predicted molar refractivity (Wildman–Crippen MR) is 97.2 cm³/mol. The molecule has 2 aliphatic rings. The van der Waals surface area contributed by atoms with Gasteiger partial charge in [-0.15, -0.1) is 0 Å². The summed E-state index contributed by atoms with van der Waals surface area (Å²) in [6.07, 6.45) is 4.00.